The highest BCUT2D eigenvalue weighted by atomic mass is 16.5. The van der Waals surface area contributed by atoms with Crippen LogP contribution in [0, 0.1) is 0 Å². The van der Waals surface area contributed by atoms with Crippen LogP contribution in [0.3, 0.4) is 0 Å². The zero-order chi connectivity index (χ0) is 22.1. The van der Waals surface area contributed by atoms with Gasteiger partial charge in [0.1, 0.15) is 17.6 Å². The Balaban J connectivity index is 1.61. The van der Waals surface area contributed by atoms with Gasteiger partial charge in [-0.2, -0.15) is 10.2 Å². The Kier molecular flexibility index (Phi) is 5.15. The van der Waals surface area contributed by atoms with Crippen molar-refractivity contribution in [2.24, 2.45) is 10.2 Å². The monoisotopic (exact) mass is 422 g/mol. The van der Waals surface area contributed by atoms with Gasteiger partial charge in [-0.1, -0.05) is 72.8 Å². The Labute approximate surface area is 186 Å². The molecule has 0 saturated heterocycles. The maximum atomic E-state index is 13.1. The zero-order valence-corrected chi connectivity index (χ0v) is 17.6. The first-order chi connectivity index (χ1) is 15.7. The Hall–Kier alpha value is -3.99. The molecule has 0 unspecified atom stereocenters. The van der Waals surface area contributed by atoms with Crippen LogP contribution in [-0.2, 0) is 0 Å². The quantitative estimate of drug-likeness (QED) is 0.515. The first kappa shape index (κ1) is 19.9. The van der Waals surface area contributed by atoms with Gasteiger partial charge in [-0.3, -0.25) is 4.79 Å². The molecular formula is C27H22N2O3. The summed E-state index contributed by atoms with van der Waals surface area (Å²) in [7, 11) is 0. The summed E-state index contributed by atoms with van der Waals surface area (Å²) in [5.41, 5.74) is 3.58. The van der Waals surface area contributed by atoms with E-state index in [1.165, 1.54) is 0 Å². The lowest BCUT2D eigenvalue weighted by Crippen LogP contribution is -2.14. The zero-order valence-electron chi connectivity index (χ0n) is 17.6. The summed E-state index contributed by atoms with van der Waals surface area (Å²) in [6.45, 7) is 2.50. The first-order valence-electron chi connectivity index (χ1n) is 10.7. The van der Waals surface area contributed by atoms with Crippen molar-refractivity contribution < 1.29 is 14.6 Å². The van der Waals surface area contributed by atoms with E-state index >= 15 is 0 Å². The summed E-state index contributed by atoms with van der Waals surface area (Å²) in [6, 6.07) is 24.6. The van der Waals surface area contributed by atoms with Gasteiger partial charge >= 0.3 is 0 Å². The summed E-state index contributed by atoms with van der Waals surface area (Å²) in [5.74, 6) is 0.310. The number of Topliss-reactive ketones (excluding diaryl/α,β-unsaturated/α-hetero) is 1. The van der Waals surface area contributed by atoms with Gasteiger partial charge in [-0.25, -0.2) is 0 Å². The maximum absolute atomic E-state index is 13.1. The highest BCUT2D eigenvalue weighted by Gasteiger charge is 2.36. The van der Waals surface area contributed by atoms with Gasteiger partial charge in [0.2, 0.25) is 0 Å². The topological polar surface area (TPSA) is 71.2 Å². The minimum atomic E-state index is -0.314. The molecule has 3 aromatic carbocycles. The average Bonchev–Trinajstić information content (AvgIpc) is 3.10. The molecule has 1 N–H and O–H groups in total. The molecule has 2 aliphatic rings. The molecule has 0 spiro atoms. The molecule has 32 heavy (non-hydrogen) atoms. The van der Waals surface area contributed by atoms with Crippen LogP contribution in [0.5, 0.6) is 5.75 Å². The third-order valence-corrected chi connectivity index (χ3v) is 5.84. The number of azo groups is 1. The van der Waals surface area contributed by atoms with Crippen LogP contribution in [-0.4, -0.2) is 17.5 Å². The van der Waals surface area contributed by atoms with Crippen LogP contribution in [0.2, 0.25) is 0 Å². The predicted molar refractivity (Wildman–Crippen MR) is 123 cm³/mol. The summed E-state index contributed by atoms with van der Waals surface area (Å²) in [5, 5.41) is 19.9. The second kappa shape index (κ2) is 8.27. The molecule has 0 saturated carbocycles. The lowest BCUT2D eigenvalue weighted by atomic mass is 9.84. The number of carbonyl (C=O) groups excluding carboxylic acids is 1. The molecule has 1 aliphatic heterocycles. The number of ketones is 1. The number of carbonyl (C=O) groups is 1. The standard InChI is InChI=1S/C27H22N2O3/c1-2-32-23-15-9-8-14-20(23)25-21(17-10-4-3-5-11-17)16-22(28-29-25)24-26(30)18-12-6-7-13-19(18)27(24)31/h3-16,21,25,30H,2H2,1H3/t21-,25+/m0/s1. The van der Waals surface area contributed by atoms with E-state index in [0.29, 0.717) is 23.4 Å². The number of hydrogen-bond acceptors (Lipinski definition) is 5. The second-order valence-corrected chi connectivity index (χ2v) is 7.72. The van der Waals surface area contributed by atoms with E-state index in [4.69, 9.17) is 4.74 Å². The molecule has 1 heterocycles. The number of benzene rings is 3. The van der Waals surface area contributed by atoms with Gasteiger partial charge in [0.15, 0.2) is 5.78 Å². The van der Waals surface area contributed by atoms with Crippen molar-refractivity contribution in [2.75, 3.05) is 6.61 Å². The highest BCUT2D eigenvalue weighted by molar-refractivity contribution is 6.22. The lowest BCUT2D eigenvalue weighted by Gasteiger charge is -2.26. The van der Waals surface area contributed by atoms with Crippen molar-refractivity contribution in [1.29, 1.82) is 0 Å². The molecule has 0 fully saturated rings. The number of fused-ring (bicyclic) bond motifs is 1. The summed E-state index contributed by atoms with van der Waals surface area (Å²) in [6.07, 6.45) is 1.94. The summed E-state index contributed by atoms with van der Waals surface area (Å²) in [4.78, 5) is 13.1. The lowest BCUT2D eigenvalue weighted by molar-refractivity contribution is 0.103. The average molecular weight is 422 g/mol. The minimum Gasteiger partial charge on any atom is -0.506 e. The fourth-order valence-electron chi connectivity index (χ4n) is 4.35. The number of ether oxygens (including phenoxy) is 1. The molecule has 1 aliphatic carbocycles. The fraction of sp³-hybridized carbons (Fsp3) is 0.148. The Morgan fingerprint density at radius 2 is 1.59 bits per heavy atom. The highest BCUT2D eigenvalue weighted by Crippen LogP contribution is 2.45. The number of para-hydroxylation sites is 1. The fourth-order valence-corrected chi connectivity index (χ4v) is 4.35. The van der Waals surface area contributed by atoms with E-state index in [1.54, 1.807) is 24.3 Å². The van der Waals surface area contributed by atoms with E-state index in [2.05, 4.69) is 10.2 Å². The van der Waals surface area contributed by atoms with E-state index in [0.717, 1.165) is 16.9 Å². The molecule has 158 valence electrons. The molecule has 5 heteroatoms. The summed E-state index contributed by atoms with van der Waals surface area (Å²) >= 11 is 0. The molecule has 0 aromatic heterocycles. The Morgan fingerprint density at radius 1 is 0.906 bits per heavy atom. The third kappa shape index (κ3) is 3.32. The molecule has 0 radical (unpaired) electrons. The van der Waals surface area contributed by atoms with Gasteiger partial charge in [0, 0.05) is 22.6 Å². The summed E-state index contributed by atoms with van der Waals surface area (Å²) < 4.78 is 5.85. The molecule has 2 atom stereocenters. The molecule has 3 aromatic rings. The number of rotatable bonds is 5. The Morgan fingerprint density at radius 3 is 2.34 bits per heavy atom. The van der Waals surface area contributed by atoms with Crippen molar-refractivity contribution in [1.82, 2.24) is 0 Å². The molecule has 0 bridgehead atoms. The van der Waals surface area contributed by atoms with Crippen molar-refractivity contribution >= 4 is 11.5 Å². The van der Waals surface area contributed by atoms with Crippen molar-refractivity contribution in [3.05, 3.63) is 118 Å². The van der Waals surface area contributed by atoms with Crippen molar-refractivity contribution in [3.8, 4) is 5.75 Å². The van der Waals surface area contributed by atoms with Gasteiger partial charge in [-0.15, -0.1) is 0 Å². The smallest absolute Gasteiger partial charge is 0.199 e. The predicted octanol–water partition coefficient (Wildman–Crippen LogP) is 6.43. The van der Waals surface area contributed by atoms with Crippen molar-refractivity contribution in [3.63, 3.8) is 0 Å². The van der Waals surface area contributed by atoms with Gasteiger partial charge in [-0.05, 0) is 24.6 Å². The van der Waals surface area contributed by atoms with E-state index in [9.17, 15) is 9.90 Å². The second-order valence-electron chi connectivity index (χ2n) is 7.72. The normalized spacial score (nSPS) is 19.7. The van der Waals surface area contributed by atoms with Crippen LogP contribution < -0.4 is 4.74 Å². The largest absolute Gasteiger partial charge is 0.506 e. The minimum absolute atomic E-state index is 0.0456. The number of hydrogen-bond donors (Lipinski definition) is 1. The van der Waals surface area contributed by atoms with Gasteiger partial charge in [0.25, 0.3) is 0 Å². The third-order valence-electron chi connectivity index (χ3n) is 5.84. The molecular weight excluding hydrogens is 400 g/mol. The van der Waals surface area contributed by atoms with Crippen LogP contribution >= 0.6 is 0 Å². The Bertz CT molecular complexity index is 1270. The van der Waals surface area contributed by atoms with Crippen LogP contribution in [0.25, 0.3) is 5.76 Å². The number of aliphatic hydroxyl groups excluding tert-OH is 1. The number of aliphatic hydroxyl groups is 1. The van der Waals surface area contributed by atoms with Crippen LogP contribution in [0.1, 0.15) is 45.9 Å². The number of nitrogens with zero attached hydrogens (tertiary/aromatic N) is 2. The molecule has 5 rings (SSSR count). The molecule has 0 amide bonds. The maximum Gasteiger partial charge on any atom is 0.199 e. The van der Waals surface area contributed by atoms with Crippen LogP contribution in [0.4, 0.5) is 0 Å². The first-order valence-corrected chi connectivity index (χ1v) is 10.7. The van der Waals surface area contributed by atoms with E-state index in [1.807, 2.05) is 67.6 Å². The number of allylic oxidation sites excluding steroid dienone is 1. The van der Waals surface area contributed by atoms with E-state index < -0.39 is 0 Å². The van der Waals surface area contributed by atoms with Gasteiger partial charge in [0.05, 0.1) is 17.9 Å². The van der Waals surface area contributed by atoms with E-state index in [-0.39, 0.29) is 29.1 Å². The SMILES string of the molecule is CCOc1ccccc1[C@H]1N=NC(C2=C(O)c3ccccc3C2=O)=C[C@H]1c1ccccc1. The molecule has 5 nitrogen and oxygen atoms in total. The van der Waals surface area contributed by atoms with Gasteiger partial charge < -0.3 is 9.84 Å². The van der Waals surface area contributed by atoms with Crippen molar-refractivity contribution in [2.45, 2.75) is 18.9 Å². The van der Waals surface area contributed by atoms with Crippen LogP contribution in [0.15, 0.2) is 106 Å².